The Kier molecular flexibility index (Phi) is 4.19. The fourth-order valence-corrected chi connectivity index (χ4v) is 4.10. The highest BCUT2D eigenvalue weighted by Crippen LogP contribution is 2.25. The lowest BCUT2D eigenvalue weighted by molar-refractivity contribution is 0.0696. The minimum absolute atomic E-state index is 0.0607. The van der Waals surface area contributed by atoms with Crippen LogP contribution in [0.1, 0.15) is 29.8 Å². The van der Waals surface area contributed by atoms with Crippen molar-refractivity contribution in [3.8, 4) is 0 Å². The molecule has 0 radical (unpaired) electrons. The van der Waals surface area contributed by atoms with Crippen molar-refractivity contribution in [2.45, 2.75) is 32.1 Å². The second-order valence-corrected chi connectivity index (χ2v) is 7.48. The molecule has 2 atom stereocenters. The van der Waals surface area contributed by atoms with Crippen LogP contribution >= 0.6 is 11.8 Å². The van der Waals surface area contributed by atoms with Crippen molar-refractivity contribution >= 4 is 28.6 Å². The number of carbonyl (C=O) groups is 1. The van der Waals surface area contributed by atoms with Gasteiger partial charge in [-0.3, -0.25) is 9.59 Å². The monoisotopic (exact) mass is 334 g/mol. The fraction of sp³-hybridized carbons (Fsp3) is 0.412. The molecule has 1 amide bonds. The van der Waals surface area contributed by atoms with Gasteiger partial charge < -0.3 is 9.88 Å². The number of fused-ring (bicyclic) bond motifs is 1. The van der Waals surface area contributed by atoms with Gasteiger partial charge in [0, 0.05) is 35.2 Å². The van der Waals surface area contributed by atoms with Gasteiger partial charge >= 0.3 is 0 Å². The number of nitrogens with one attached hydrogen (secondary N) is 1. The summed E-state index contributed by atoms with van der Waals surface area (Å²) in [7, 11) is 0. The van der Waals surface area contributed by atoms with Crippen LogP contribution in [0, 0.1) is 12.7 Å². The van der Waals surface area contributed by atoms with Gasteiger partial charge in [-0.2, -0.15) is 11.8 Å². The van der Waals surface area contributed by atoms with Crippen molar-refractivity contribution in [2.75, 3.05) is 12.3 Å². The molecule has 2 heterocycles. The fourth-order valence-electron chi connectivity index (χ4n) is 3.00. The van der Waals surface area contributed by atoms with E-state index in [-0.39, 0.29) is 22.9 Å². The lowest BCUT2D eigenvalue weighted by atomic mass is 10.1. The molecule has 1 fully saturated rings. The Morgan fingerprint density at radius 2 is 2.13 bits per heavy atom. The Bertz CT molecular complexity index is 833. The minimum Gasteiger partial charge on any atom is -0.360 e. The molecule has 2 aromatic rings. The van der Waals surface area contributed by atoms with E-state index in [1.807, 2.05) is 18.7 Å². The summed E-state index contributed by atoms with van der Waals surface area (Å²) in [5, 5.41) is 0.548. The zero-order chi connectivity index (χ0) is 16.7. The molecule has 0 saturated carbocycles. The van der Waals surface area contributed by atoms with Crippen LogP contribution in [-0.4, -0.2) is 39.4 Å². The van der Waals surface area contributed by atoms with Gasteiger partial charge in [0.05, 0.1) is 5.52 Å². The topological polar surface area (TPSA) is 53.2 Å². The van der Waals surface area contributed by atoms with Crippen molar-refractivity contribution in [1.82, 2.24) is 9.88 Å². The number of amides is 1. The third-order valence-corrected chi connectivity index (χ3v) is 5.86. The molecule has 4 nitrogen and oxygen atoms in total. The third kappa shape index (κ3) is 2.76. The van der Waals surface area contributed by atoms with Crippen LogP contribution in [0.5, 0.6) is 0 Å². The van der Waals surface area contributed by atoms with E-state index < -0.39 is 11.2 Å². The van der Waals surface area contributed by atoms with Gasteiger partial charge in [0.1, 0.15) is 11.4 Å². The van der Waals surface area contributed by atoms with Crippen LogP contribution in [0.15, 0.2) is 23.1 Å². The van der Waals surface area contributed by atoms with E-state index in [9.17, 15) is 14.0 Å². The van der Waals surface area contributed by atoms with E-state index in [4.69, 9.17) is 0 Å². The average molecular weight is 334 g/mol. The molecule has 1 saturated heterocycles. The molecule has 1 N–H and O–H groups in total. The zero-order valence-electron chi connectivity index (χ0n) is 13.4. The number of nitrogens with zero attached hydrogens (tertiary/aromatic N) is 1. The number of rotatable bonds is 1. The van der Waals surface area contributed by atoms with Gasteiger partial charge in [-0.25, -0.2) is 4.39 Å². The maximum atomic E-state index is 13.6. The largest absolute Gasteiger partial charge is 0.360 e. The SMILES string of the molecule is Cc1cc(F)cc2c(=O)c(C(=O)N3CCSC(C)C3C)c[nH]c12. The van der Waals surface area contributed by atoms with Gasteiger partial charge in [-0.05, 0) is 31.5 Å². The standard InChI is InChI=1S/C17H19FN2O2S/c1-9-6-12(18)7-13-15(9)19-8-14(16(13)21)17(22)20-4-5-23-11(3)10(20)2/h6-8,10-11H,4-5H2,1-3H3,(H,19,21). The van der Waals surface area contributed by atoms with E-state index in [1.54, 1.807) is 11.8 Å². The summed E-state index contributed by atoms with van der Waals surface area (Å²) in [6, 6.07) is 2.62. The number of aryl methyl sites for hydroxylation is 1. The van der Waals surface area contributed by atoms with Gasteiger partial charge in [0.25, 0.3) is 5.91 Å². The summed E-state index contributed by atoms with van der Waals surface area (Å²) in [6.07, 6.45) is 1.46. The minimum atomic E-state index is -0.471. The van der Waals surface area contributed by atoms with Gasteiger partial charge in [0.15, 0.2) is 0 Å². The van der Waals surface area contributed by atoms with E-state index in [1.165, 1.54) is 18.3 Å². The molecule has 3 rings (SSSR count). The number of hydrogen-bond acceptors (Lipinski definition) is 3. The van der Waals surface area contributed by atoms with Gasteiger partial charge in [-0.1, -0.05) is 6.92 Å². The first-order valence-corrected chi connectivity index (χ1v) is 8.69. The number of halogens is 1. The summed E-state index contributed by atoms with van der Waals surface area (Å²) in [5.41, 5.74) is 0.883. The van der Waals surface area contributed by atoms with E-state index in [0.717, 1.165) is 5.75 Å². The lowest BCUT2D eigenvalue weighted by Gasteiger charge is -2.37. The smallest absolute Gasteiger partial charge is 0.259 e. The van der Waals surface area contributed by atoms with E-state index in [0.29, 0.717) is 22.9 Å². The highest BCUT2D eigenvalue weighted by Gasteiger charge is 2.30. The average Bonchev–Trinajstić information content (AvgIpc) is 2.50. The van der Waals surface area contributed by atoms with Crippen LogP contribution in [-0.2, 0) is 0 Å². The number of hydrogen-bond donors (Lipinski definition) is 1. The van der Waals surface area contributed by atoms with Crippen molar-refractivity contribution < 1.29 is 9.18 Å². The number of aromatic amines is 1. The van der Waals surface area contributed by atoms with Crippen molar-refractivity contribution in [3.63, 3.8) is 0 Å². The molecule has 1 aliphatic heterocycles. The number of aromatic nitrogens is 1. The van der Waals surface area contributed by atoms with Gasteiger partial charge in [0.2, 0.25) is 5.43 Å². The van der Waals surface area contributed by atoms with Crippen LogP contribution in [0.3, 0.4) is 0 Å². The summed E-state index contributed by atoms with van der Waals surface area (Å²) in [6.45, 7) is 6.43. The van der Waals surface area contributed by atoms with Gasteiger partial charge in [-0.15, -0.1) is 0 Å². The first-order chi connectivity index (χ1) is 10.9. The van der Waals surface area contributed by atoms with E-state index >= 15 is 0 Å². The van der Waals surface area contributed by atoms with Crippen molar-refractivity contribution in [2.24, 2.45) is 0 Å². The molecule has 0 aliphatic carbocycles. The lowest BCUT2D eigenvalue weighted by Crippen LogP contribution is -2.49. The second kappa shape index (κ2) is 6.00. The molecular formula is C17H19FN2O2S. The third-order valence-electron chi connectivity index (χ3n) is 4.53. The van der Waals surface area contributed by atoms with Crippen LogP contribution in [0.2, 0.25) is 0 Å². The van der Waals surface area contributed by atoms with Crippen molar-refractivity contribution in [1.29, 1.82) is 0 Å². The molecule has 1 aromatic carbocycles. The molecule has 0 bridgehead atoms. The molecule has 1 aromatic heterocycles. The van der Waals surface area contributed by atoms with Crippen LogP contribution in [0.25, 0.3) is 10.9 Å². The molecule has 122 valence electrons. The molecule has 0 spiro atoms. The summed E-state index contributed by atoms with van der Waals surface area (Å²) in [4.78, 5) is 30.2. The molecule has 2 unspecified atom stereocenters. The van der Waals surface area contributed by atoms with Crippen LogP contribution in [0.4, 0.5) is 4.39 Å². The Hall–Kier alpha value is -1.82. The Labute approximate surface area is 138 Å². The number of benzene rings is 1. The molecular weight excluding hydrogens is 315 g/mol. The quantitative estimate of drug-likeness (QED) is 0.872. The maximum Gasteiger partial charge on any atom is 0.259 e. The summed E-state index contributed by atoms with van der Waals surface area (Å²) >= 11 is 1.82. The predicted octanol–water partition coefficient (Wildman–Crippen LogP) is 2.94. The van der Waals surface area contributed by atoms with Crippen LogP contribution < -0.4 is 5.43 Å². The predicted molar refractivity (Wildman–Crippen MR) is 91.7 cm³/mol. The first kappa shape index (κ1) is 16.1. The normalized spacial score (nSPS) is 21.7. The number of pyridine rings is 1. The highest BCUT2D eigenvalue weighted by atomic mass is 32.2. The summed E-state index contributed by atoms with van der Waals surface area (Å²) in [5.74, 6) is 0.104. The number of H-pyrrole nitrogens is 1. The zero-order valence-corrected chi connectivity index (χ0v) is 14.2. The Morgan fingerprint density at radius 1 is 1.39 bits per heavy atom. The Morgan fingerprint density at radius 3 is 2.87 bits per heavy atom. The number of carbonyl (C=O) groups excluding carboxylic acids is 1. The van der Waals surface area contributed by atoms with E-state index in [2.05, 4.69) is 11.9 Å². The van der Waals surface area contributed by atoms with Crippen molar-refractivity contribution in [3.05, 3.63) is 45.5 Å². The Balaban J connectivity index is 2.08. The number of thioether (sulfide) groups is 1. The highest BCUT2D eigenvalue weighted by molar-refractivity contribution is 8.00. The molecule has 23 heavy (non-hydrogen) atoms. The first-order valence-electron chi connectivity index (χ1n) is 7.64. The summed E-state index contributed by atoms with van der Waals surface area (Å²) < 4.78 is 13.6. The second-order valence-electron chi connectivity index (χ2n) is 5.99. The molecule has 1 aliphatic rings. The molecule has 6 heteroatoms. The maximum absolute atomic E-state index is 13.6.